The number of nitrogen functional groups attached to an aromatic ring is 1. The number of carbonyl (C=O) groups excluding carboxylic acids is 1. The molecule has 0 fully saturated rings. The lowest BCUT2D eigenvalue weighted by Gasteiger charge is -2.08. The van der Waals surface area contributed by atoms with Gasteiger partial charge in [-0.2, -0.15) is 0 Å². The van der Waals surface area contributed by atoms with Crippen LogP contribution in [0.1, 0.15) is 21.5 Å². The van der Waals surface area contributed by atoms with Crippen molar-refractivity contribution in [1.29, 1.82) is 0 Å². The number of nitrogens with two attached hydrogens (primary N) is 1. The highest BCUT2D eigenvalue weighted by atomic mass is 19.2. The first-order valence-corrected chi connectivity index (χ1v) is 6.05. The van der Waals surface area contributed by atoms with Gasteiger partial charge < -0.3 is 11.1 Å². The number of benzene rings is 2. The Morgan fingerprint density at radius 2 is 1.90 bits per heavy atom. The highest BCUT2D eigenvalue weighted by Gasteiger charge is 2.10. The first-order valence-electron chi connectivity index (χ1n) is 6.05. The fourth-order valence-corrected chi connectivity index (χ4v) is 1.82. The molecule has 2 aromatic rings. The molecule has 0 aliphatic carbocycles. The number of amides is 1. The molecule has 5 heteroatoms. The van der Waals surface area contributed by atoms with Gasteiger partial charge in [0.1, 0.15) is 0 Å². The van der Waals surface area contributed by atoms with Gasteiger partial charge in [0.25, 0.3) is 5.91 Å². The second-order valence-electron chi connectivity index (χ2n) is 4.52. The van der Waals surface area contributed by atoms with Crippen molar-refractivity contribution in [2.45, 2.75) is 13.5 Å². The van der Waals surface area contributed by atoms with Crippen LogP contribution in [-0.2, 0) is 6.54 Å². The third-order valence-corrected chi connectivity index (χ3v) is 2.89. The summed E-state index contributed by atoms with van der Waals surface area (Å²) in [5.41, 5.74) is 7.94. The molecule has 0 aromatic heterocycles. The fraction of sp³-hybridized carbons (Fsp3) is 0.133. The summed E-state index contributed by atoms with van der Waals surface area (Å²) >= 11 is 0. The average Bonchev–Trinajstić information content (AvgIpc) is 2.40. The largest absolute Gasteiger partial charge is 0.398 e. The quantitative estimate of drug-likeness (QED) is 0.847. The zero-order valence-electron chi connectivity index (χ0n) is 10.9. The molecule has 0 aliphatic heterocycles. The van der Waals surface area contributed by atoms with Gasteiger partial charge in [0, 0.05) is 12.2 Å². The molecule has 0 bridgehead atoms. The monoisotopic (exact) mass is 276 g/mol. The van der Waals surface area contributed by atoms with Crippen molar-refractivity contribution in [2.24, 2.45) is 0 Å². The number of nitrogens with one attached hydrogen (secondary N) is 1. The molecule has 0 saturated carbocycles. The van der Waals surface area contributed by atoms with E-state index >= 15 is 0 Å². The minimum Gasteiger partial charge on any atom is -0.398 e. The molecule has 3 N–H and O–H groups in total. The highest BCUT2D eigenvalue weighted by Crippen LogP contribution is 2.14. The van der Waals surface area contributed by atoms with Crippen LogP contribution in [0.3, 0.4) is 0 Å². The lowest BCUT2D eigenvalue weighted by molar-refractivity contribution is 0.0951. The molecule has 0 heterocycles. The summed E-state index contributed by atoms with van der Waals surface area (Å²) in [6, 6.07) is 8.60. The van der Waals surface area contributed by atoms with Crippen LogP contribution in [0.15, 0.2) is 36.4 Å². The van der Waals surface area contributed by atoms with Crippen LogP contribution in [0.2, 0.25) is 0 Å². The van der Waals surface area contributed by atoms with Gasteiger partial charge in [-0.1, -0.05) is 12.1 Å². The Bertz CT molecular complexity index is 656. The Labute approximate surface area is 115 Å². The first kappa shape index (κ1) is 14.0. The molecule has 2 rings (SSSR count). The number of hydrogen-bond donors (Lipinski definition) is 2. The molecule has 104 valence electrons. The molecular weight excluding hydrogens is 262 g/mol. The van der Waals surface area contributed by atoms with Crippen LogP contribution in [0.4, 0.5) is 14.5 Å². The lowest BCUT2D eigenvalue weighted by atomic mass is 10.1. The molecule has 0 unspecified atom stereocenters. The molecule has 20 heavy (non-hydrogen) atoms. The maximum absolute atomic E-state index is 13.0. The normalized spacial score (nSPS) is 10.3. The summed E-state index contributed by atoms with van der Waals surface area (Å²) in [6.07, 6.45) is 0. The minimum absolute atomic E-state index is 0.101. The van der Waals surface area contributed by atoms with E-state index in [0.717, 1.165) is 17.7 Å². The van der Waals surface area contributed by atoms with Gasteiger partial charge in [0.2, 0.25) is 0 Å². The maximum Gasteiger partial charge on any atom is 0.253 e. The Balaban J connectivity index is 2.06. The molecule has 1 amide bonds. The Kier molecular flexibility index (Phi) is 3.98. The molecule has 3 nitrogen and oxygen atoms in total. The molecule has 0 aliphatic rings. The summed E-state index contributed by atoms with van der Waals surface area (Å²) in [4.78, 5) is 11.9. The van der Waals surface area contributed by atoms with Crippen molar-refractivity contribution < 1.29 is 13.6 Å². The third-order valence-electron chi connectivity index (χ3n) is 2.89. The second-order valence-corrected chi connectivity index (χ2v) is 4.52. The van der Waals surface area contributed by atoms with Crippen molar-refractivity contribution >= 4 is 11.6 Å². The van der Waals surface area contributed by atoms with Gasteiger partial charge in [0.15, 0.2) is 11.6 Å². The van der Waals surface area contributed by atoms with Gasteiger partial charge in [-0.25, -0.2) is 8.78 Å². The van der Waals surface area contributed by atoms with Crippen molar-refractivity contribution in [2.75, 3.05) is 5.73 Å². The van der Waals surface area contributed by atoms with E-state index in [4.69, 9.17) is 5.73 Å². The summed E-state index contributed by atoms with van der Waals surface area (Å²) in [5.74, 6) is -2.21. The predicted molar refractivity (Wildman–Crippen MR) is 73.1 cm³/mol. The van der Waals surface area contributed by atoms with Crippen molar-refractivity contribution in [1.82, 2.24) is 5.32 Å². The first-order chi connectivity index (χ1) is 9.47. The number of rotatable bonds is 3. The van der Waals surface area contributed by atoms with Crippen LogP contribution >= 0.6 is 0 Å². The third kappa shape index (κ3) is 3.12. The van der Waals surface area contributed by atoms with Crippen molar-refractivity contribution in [3.8, 4) is 0 Å². The summed E-state index contributed by atoms with van der Waals surface area (Å²) in [5, 5.41) is 2.61. The minimum atomic E-state index is -0.938. The number of aryl methyl sites for hydroxylation is 1. The molecular formula is C15H14F2N2O. The second kappa shape index (κ2) is 5.69. The van der Waals surface area contributed by atoms with Crippen LogP contribution in [0.5, 0.6) is 0 Å². The van der Waals surface area contributed by atoms with E-state index in [1.807, 2.05) is 6.92 Å². The van der Waals surface area contributed by atoms with Crippen molar-refractivity contribution in [3.05, 3.63) is 64.7 Å². The zero-order valence-corrected chi connectivity index (χ0v) is 10.9. The summed E-state index contributed by atoms with van der Waals surface area (Å²) in [7, 11) is 0. The SMILES string of the molecule is Cc1ccc(C(=O)NCc2ccc(F)c(F)c2)c(N)c1. The van der Waals surface area contributed by atoms with Crippen LogP contribution < -0.4 is 11.1 Å². The maximum atomic E-state index is 13.0. The van der Waals surface area contributed by atoms with E-state index in [9.17, 15) is 13.6 Å². The van der Waals surface area contributed by atoms with E-state index in [0.29, 0.717) is 16.8 Å². The average molecular weight is 276 g/mol. The summed E-state index contributed by atoms with van der Waals surface area (Å²) < 4.78 is 25.8. The topological polar surface area (TPSA) is 55.1 Å². The van der Waals surface area contributed by atoms with E-state index < -0.39 is 11.6 Å². The molecule has 2 aromatic carbocycles. The molecule has 0 spiro atoms. The molecule has 0 radical (unpaired) electrons. The van der Waals surface area contributed by atoms with Crippen LogP contribution in [0.25, 0.3) is 0 Å². The van der Waals surface area contributed by atoms with E-state index in [1.165, 1.54) is 6.07 Å². The van der Waals surface area contributed by atoms with Crippen LogP contribution in [0, 0.1) is 18.6 Å². The summed E-state index contributed by atoms with van der Waals surface area (Å²) in [6.45, 7) is 1.97. The van der Waals surface area contributed by atoms with Crippen molar-refractivity contribution in [3.63, 3.8) is 0 Å². The van der Waals surface area contributed by atoms with E-state index in [-0.39, 0.29) is 12.5 Å². The fourth-order valence-electron chi connectivity index (χ4n) is 1.82. The Morgan fingerprint density at radius 1 is 1.15 bits per heavy atom. The van der Waals surface area contributed by atoms with E-state index in [2.05, 4.69) is 5.32 Å². The van der Waals surface area contributed by atoms with Gasteiger partial charge in [-0.15, -0.1) is 0 Å². The van der Waals surface area contributed by atoms with Gasteiger partial charge in [-0.05, 0) is 42.3 Å². The van der Waals surface area contributed by atoms with Crippen LogP contribution in [-0.4, -0.2) is 5.91 Å². The molecule has 0 atom stereocenters. The number of halogens is 2. The number of carbonyl (C=O) groups is 1. The molecule has 0 saturated heterocycles. The zero-order chi connectivity index (χ0) is 14.7. The highest BCUT2D eigenvalue weighted by molar-refractivity contribution is 5.99. The number of anilines is 1. The Hall–Kier alpha value is -2.43. The lowest BCUT2D eigenvalue weighted by Crippen LogP contribution is -2.23. The van der Waals surface area contributed by atoms with Gasteiger partial charge in [-0.3, -0.25) is 4.79 Å². The smallest absolute Gasteiger partial charge is 0.253 e. The standard InChI is InChI=1S/C15H14F2N2O/c1-9-2-4-11(14(18)6-9)15(20)19-8-10-3-5-12(16)13(17)7-10/h2-7H,8,18H2,1H3,(H,19,20). The van der Waals surface area contributed by atoms with Gasteiger partial charge >= 0.3 is 0 Å². The number of hydrogen-bond acceptors (Lipinski definition) is 2. The predicted octanol–water partition coefficient (Wildman–Crippen LogP) is 2.79. The Morgan fingerprint density at radius 3 is 2.55 bits per heavy atom. The van der Waals surface area contributed by atoms with E-state index in [1.54, 1.807) is 18.2 Å². The van der Waals surface area contributed by atoms with Gasteiger partial charge in [0.05, 0.1) is 5.56 Å².